The Morgan fingerprint density at radius 3 is 2.18 bits per heavy atom. The number of aromatic nitrogens is 3. The predicted octanol–water partition coefficient (Wildman–Crippen LogP) is 11.1. The molecule has 0 saturated carbocycles. The van der Waals surface area contributed by atoms with Crippen molar-refractivity contribution in [3.8, 4) is 28.3 Å². The standard InChI is InChI=1S/C41H27N3S/c1-41(2)29-20-10-6-16-25(29)33-34-28-19-9-13-23-32(28)45-39(34)38-35(36(33)41)27-18-8-12-22-31(27)44(38)40-42-30-21-11-7-17-26(30)37(43-40)24-14-4-3-5-15-24/h3-23H,1-2H3. The molecule has 10 rings (SSSR count). The third-order valence-corrected chi connectivity index (χ3v) is 10.9. The summed E-state index contributed by atoms with van der Waals surface area (Å²) in [6.07, 6.45) is 0. The number of hydrogen-bond acceptors (Lipinski definition) is 3. The zero-order chi connectivity index (χ0) is 29.9. The second kappa shape index (κ2) is 8.87. The van der Waals surface area contributed by atoms with Crippen LogP contribution in [0.5, 0.6) is 0 Å². The molecule has 4 heteroatoms. The van der Waals surface area contributed by atoms with Gasteiger partial charge in [-0.1, -0.05) is 123 Å². The number of benzene rings is 6. The summed E-state index contributed by atoms with van der Waals surface area (Å²) in [6, 6.07) is 45.6. The Hall–Kier alpha value is -5.32. The van der Waals surface area contributed by atoms with Gasteiger partial charge >= 0.3 is 0 Å². The maximum Gasteiger partial charge on any atom is 0.235 e. The molecule has 0 amide bonds. The highest BCUT2D eigenvalue weighted by atomic mass is 32.1. The van der Waals surface area contributed by atoms with Crippen molar-refractivity contribution in [2.24, 2.45) is 0 Å². The number of nitrogens with zero attached hydrogens (tertiary/aromatic N) is 3. The van der Waals surface area contributed by atoms with Gasteiger partial charge in [0.15, 0.2) is 0 Å². The Balaban J connectivity index is 1.46. The monoisotopic (exact) mass is 593 g/mol. The van der Waals surface area contributed by atoms with Crippen molar-refractivity contribution in [1.82, 2.24) is 14.5 Å². The molecule has 0 radical (unpaired) electrons. The fourth-order valence-electron chi connectivity index (χ4n) is 7.88. The van der Waals surface area contributed by atoms with Crippen LogP contribution < -0.4 is 0 Å². The Kier molecular flexibility index (Phi) is 4.94. The van der Waals surface area contributed by atoms with E-state index in [9.17, 15) is 0 Å². The molecule has 0 unspecified atom stereocenters. The molecule has 0 N–H and O–H groups in total. The predicted molar refractivity (Wildman–Crippen MR) is 190 cm³/mol. The molecule has 1 aliphatic carbocycles. The van der Waals surface area contributed by atoms with Gasteiger partial charge < -0.3 is 0 Å². The summed E-state index contributed by atoms with van der Waals surface area (Å²) >= 11 is 1.88. The summed E-state index contributed by atoms with van der Waals surface area (Å²) in [4.78, 5) is 10.7. The van der Waals surface area contributed by atoms with E-state index in [2.05, 4.69) is 146 Å². The van der Waals surface area contributed by atoms with E-state index in [-0.39, 0.29) is 5.41 Å². The first-order valence-corrected chi connectivity index (χ1v) is 16.3. The second-order valence-corrected chi connectivity index (χ2v) is 13.6. The minimum Gasteiger partial charge on any atom is -0.276 e. The summed E-state index contributed by atoms with van der Waals surface area (Å²) in [6.45, 7) is 4.79. The van der Waals surface area contributed by atoms with Crippen molar-refractivity contribution >= 4 is 64.2 Å². The third kappa shape index (κ3) is 3.24. The van der Waals surface area contributed by atoms with Gasteiger partial charge in [0.2, 0.25) is 5.95 Å². The molecule has 45 heavy (non-hydrogen) atoms. The molecule has 0 bridgehead atoms. The largest absolute Gasteiger partial charge is 0.276 e. The maximum atomic E-state index is 5.40. The van der Waals surface area contributed by atoms with Crippen molar-refractivity contribution < 1.29 is 0 Å². The molecule has 6 aromatic carbocycles. The van der Waals surface area contributed by atoms with Crippen molar-refractivity contribution in [3.63, 3.8) is 0 Å². The average molecular weight is 594 g/mol. The highest BCUT2D eigenvalue weighted by molar-refractivity contribution is 7.26. The summed E-state index contributed by atoms with van der Waals surface area (Å²) in [7, 11) is 0. The van der Waals surface area contributed by atoms with Crippen LogP contribution in [-0.4, -0.2) is 14.5 Å². The fourth-order valence-corrected chi connectivity index (χ4v) is 9.13. The van der Waals surface area contributed by atoms with Crippen LogP contribution in [0.15, 0.2) is 127 Å². The number of fused-ring (bicyclic) bond motifs is 13. The first-order chi connectivity index (χ1) is 22.1. The highest BCUT2D eigenvalue weighted by Gasteiger charge is 2.40. The molecule has 3 aromatic heterocycles. The topological polar surface area (TPSA) is 30.7 Å². The average Bonchev–Trinajstić information content (AvgIpc) is 3.71. The zero-order valence-corrected chi connectivity index (χ0v) is 25.7. The number of hydrogen-bond donors (Lipinski definition) is 0. The van der Waals surface area contributed by atoms with Gasteiger partial charge in [0.05, 0.1) is 26.9 Å². The van der Waals surface area contributed by atoms with Gasteiger partial charge in [-0.2, -0.15) is 0 Å². The van der Waals surface area contributed by atoms with Crippen LogP contribution in [0.25, 0.3) is 81.2 Å². The van der Waals surface area contributed by atoms with Gasteiger partial charge in [-0.25, -0.2) is 9.97 Å². The maximum absolute atomic E-state index is 5.40. The molecule has 0 aliphatic heterocycles. The molecule has 0 atom stereocenters. The molecule has 0 saturated heterocycles. The van der Waals surface area contributed by atoms with E-state index in [4.69, 9.17) is 9.97 Å². The minimum atomic E-state index is -0.185. The number of thiophene rings is 1. The molecule has 3 heterocycles. The van der Waals surface area contributed by atoms with Gasteiger partial charge in [0, 0.05) is 42.6 Å². The van der Waals surface area contributed by atoms with E-state index in [1.165, 1.54) is 58.7 Å². The molecule has 3 nitrogen and oxygen atoms in total. The lowest BCUT2D eigenvalue weighted by Gasteiger charge is -2.23. The molecule has 0 spiro atoms. The Morgan fingerprint density at radius 1 is 0.622 bits per heavy atom. The lowest BCUT2D eigenvalue weighted by molar-refractivity contribution is 0.667. The van der Waals surface area contributed by atoms with Crippen molar-refractivity contribution in [1.29, 1.82) is 0 Å². The Labute approximate surface area is 264 Å². The molecule has 0 fully saturated rings. The molecular formula is C41H27N3S. The quantitative estimate of drug-likeness (QED) is 0.200. The van der Waals surface area contributed by atoms with E-state index in [0.29, 0.717) is 5.95 Å². The summed E-state index contributed by atoms with van der Waals surface area (Å²) in [5.74, 6) is 0.700. The molecule has 1 aliphatic rings. The van der Waals surface area contributed by atoms with Crippen LogP contribution in [0.2, 0.25) is 0 Å². The minimum absolute atomic E-state index is 0.185. The lowest BCUT2D eigenvalue weighted by Crippen LogP contribution is -2.15. The smallest absolute Gasteiger partial charge is 0.235 e. The Morgan fingerprint density at radius 2 is 1.31 bits per heavy atom. The van der Waals surface area contributed by atoms with Crippen LogP contribution in [-0.2, 0) is 5.41 Å². The molecule has 9 aromatic rings. The third-order valence-electron chi connectivity index (χ3n) is 9.77. The molecule has 212 valence electrons. The molecular weight excluding hydrogens is 567 g/mol. The van der Waals surface area contributed by atoms with Gasteiger partial charge in [-0.15, -0.1) is 11.3 Å². The Bertz CT molecular complexity index is 2680. The highest BCUT2D eigenvalue weighted by Crippen LogP contribution is 2.58. The summed E-state index contributed by atoms with van der Waals surface area (Å²) in [5, 5.41) is 6.24. The van der Waals surface area contributed by atoms with E-state index < -0.39 is 0 Å². The van der Waals surface area contributed by atoms with Crippen LogP contribution in [0.3, 0.4) is 0 Å². The van der Waals surface area contributed by atoms with Crippen molar-refractivity contribution in [2.75, 3.05) is 0 Å². The number of para-hydroxylation sites is 2. The lowest BCUT2D eigenvalue weighted by atomic mass is 9.80. The van der Waals surface area contributed by atoms with Gasteiger partial charge in [0.1, 0.15) is 0 Å². The fraction of sp³-hybridized carbons (Fsp3) is 0.0732. The van der Waals surface area contributed by atoms with Crippen LogP contribution in [0.1, 0.15) is 25.0 Å². The normalized spacial score (nSPS) is 13.7. The van der Waals surface area contributed by atoms with Gasteiger partial charge in [-0.05, 0) is 40.5 Å². The van der Waals surface area contributed by atoms with Crippen molar-refractivity contribution in [3.05, 3.63) is 139 Å². The number of rotatable bonds is 2. The first kappa shape index (κ1) is 25.1. The van der Waals surface area contributed by atoms with Crippen molar-refractivity contribution in [2.45, 2.75) is 19.3 Å². The van der Waals surface area contributed by atoms with Crippen LogP contribution in [0.4, 0.5) is 0 Å². The van der Waals surface area contributed by atoms with E-state index in [1.54, 1.807) is 0 Å². The van der Waals surface area contributed by atoms with E-state index in [0.717, 1.165) is 27.7 Å². The summed E-state index contributed by atoms with van der Waals surface area (Å²) in [5.41, 5.74) is 10.6. The van der Waals surface area contributed by atoms with Gasteiger partial charge in [-0.3, -0.25) is 4.57 Å². The first-order valence-electron chi connectivity index (χ1n) is 15.4. The zero-order valence-electron chi connectivity index (χ0n) is 24.9. The summed E-state index contributed by atoms with van der Waals surface area (Å²) < 4.78 is 4.93. The van der Waals surface area contributed by atoms with Crippen LogP contribution in [0, 0.1) is 0 Å². The van der Waals surface area contributed by atoms with E-state index in [1.807, 2.05) is 11.3 Å². The van der Waals surface area contributed by atoms with E-state index >= 15 is 0 Å². The van der Waals surface area contributed by atoms with Gasteiger partial charge in [0.25, 0.3) is 0 Å². The second-order valence-electron chi connectivity index (χ2n) is 12.6. The van der Waals surface area contributed by atoms with Crippen LogP contribution >= 0.6 is 11.3 Å². The SMILES string of the molecule is CC1(C)c2ccccc2-c2c1c1c3ccccc3n(-c3nc(-c4ccccc4)c4ccccc4n3)c1c1sc3ccccc3c21.